The number of hydrogen-bond acceptors (Lipinski definition) is 4. The molecule has 0 rings (SSSR count). The molecule has 222 valence electrons. The third kappa shape index (κ3) is 26.9. The Morgan fingerprint density at radius 3 is 1.46 bits per heavy atom. The Hall–Kier alpha value is -0.460. The van der Waals surface area contributed by atoms with Crippen LogP contribution in [-0.2, 0) is 13.9 Å². The molecule has 0 aromatic heterocycles. The van der Waals surface area contributed by atoms with Gasteiger partial charge in [0, 0.05) is 6.42 Å². The average molecular weight is 550 g/mol. The SMILES string of the molecule is CCCCCCCCCCCCCC(=O)N[C@@H](COP(=O)(O)O)[C@H](O)CCCCCCCCCCCC. The first-order valence-electron chi connectivity index (χ1n) is 15.5. The van der Waals surface area contributed by atoms with Crippen molar-refractivity contribution in [3.63, 3.8) is 0 Å². The molecule has 0 spiro atoms. The van der Waals surface area contributed by atoms with E-state index in [-0.39, 0.29) is 5.91 Å². The smallest absolute Gasteiger partial charge is 0.391 e. The van der Waals surface area contributed by atoms with Crippen molar-refractivity contribution >= 4 is 13.7 Å². The monoisotopic (exact) mass is 549 g/mol. The second kappa shape index (κ2) is 25.8. The van der Waals surface area contributed by atoms with Gasteiger partial charge in [0.25, 0.3) is 0 Å². The molecule has 0 aromatic carbocycles. The molecule has 0 aliphatic carbocycles. The van der Waals surface area contributed by atoms with Crippen molar-refractivity contribution in [2.45, 2.75) is 174 Å². The predicted molar refractivity (Wildman–Crippen MR) is 153 cm³/mol. The van der Waals surface area contributed by atoms with Crippen LogP contribution in [0, 0.1) is 0 Å². The second-order valence-corrected chi connectivity index (χ2v) is 12.0. The third-order valence-corrected chi connectivity index (χ3v) is 7.58. The molecule has 0 fully saturated rings. The highest BCUT2D eigenvalue weighted by Gasteiger charge is 2.25. The van der Waals surface area contributed by atoms with Crippen LogP contribution >= 0.6 is 7.82 Å². The molecule has 1 amide bonds. The first-order valence-corrected chi connectivity index (χ1v) is 17.0. The van der Waals surface area contributed by atoms with E-state index in [1.54, 1.807) is 0 Å². The molecule has 0 heterocycles. The summed E-state index contributed by atoms with van der Waals surface area (Å²) in [6.45, 7) is 4.06. The highest BCUT2D eigenvalue weighted by atomic mass is 31.2. The molecule has 0 saturated heterocycles. The molecule has 2 atom stereocenters. The minimum atomic E-state index is -4.67. The number of aliphatic hydroxyl groups excluding tert-OH is 1. The molecular formula is C29H60NO6P. The van der Waals surface area contributed by atoms with Crippen LogP contribution < -0.4 is 5.32 Å². The van der Waals surface area contributed by atoms with Crippen molar-refractivity contribution in [2.24, 2.45) is 0 Å². The molecular weight excluding hydrogens is 489 g/mol. The number of phosphoric acid groups is 1. The zero-order chi connectivity index (χ0) is 27.6. The van der Waals surface area contributed by atoms with Gasteiger partial charge in [-0.2, -0.15) is 0 Å². The van der Waals surface area contributed by atoms with Crippen LogP contribution in [0.25, 0.3) is 0 Å². The maximum absolute atomic E-state index is 12.4. The molecule has 4 N–H and O–H groups in total. The standard InChI is InChI=1S/C29H60NO6P/c1-3-5-7-9-11-13-15-17-19-21-23-25-29(32)30-27(26-36-37(33,34)35)28(31)24-22-20-18-16-14-12-10-8-6-4-2/h27-28,31H,3-26H2,1-2H3,(H,30,32)(H2,33,34,35)/t27-,28+/m0/s1. The highest BCUT2D eigenvalue weighted by Crippen LogP contribution is 2.36. The van der Waals surface area contributed by atoms with Gasteiger partial charge in [0.15, 0.2) is 0 Å². The lowest BCUT2D eigenvalue weighted by Crippen LogP contribution is -2.46. The molecule has 8 heteroatoms. The fourth-order valence-electron chi connectivity index (χ4n) is 4.70. The van der Waals surface area contributed by atoms with Gasteiger partial charge in [-0.05, 0) is 12.8 Å². The molecule has 0 aliphatic heterocycles. The van der Waals surface area contributed by atoms with Crippen molar-refractivity contribution in [1.29, 1.82) is 0 Å². The van der Waals surface area contributed by atoms with E-state index >= 15 is 0 Å². The largest absolute Gasteiger partial charge is 0.469 e. The summed E-state index contributed by atoms with van der Waals surface area (Å²) >= 11 is 0. The van der Waals surface area contributed by atoms with E-state index in [1.165, 1.54) is 96.3 Å². The van der Waals surface area contributed by atoms with E-state index in [4.69, 9.17) is 9.79 Å². The third-order valence-electron chi connectivity index (χ3n) is 7.09. The summed E-state index contributed by atoms with van der Waals surface area (Å²) in [6, 6.07) is -0.814. The zero-order valence-electron chi connectivity index (χ0n) is 24.1. The highest BCUT2D eigenvalue weighted by molar-refractivity contribution is 7.46. The van der Waals surface area contributed by atoms with E-state index in [1.807, 2.05) is 0 Å². The topological polar surface area (TPSA) is 116 Å². The van der Waals surface area contributed by atoms with Crippen LogP contribution in [0.1, 0.15) is 162 Å². The summed E-state index contributed by atoms with van der Waals surface area (Å²) in [6.07, 6.45) is 25.1. The molecule has 0 unspecified atom stereocenters. The van der Waals surface area contributed by atoms with Crippen LogP contribution in [-0.4, -0.2) is 39.6 Å². The number of carbonyl (C=O) groups is 1. The van der Waals surface area contributed by atoms with Gasteiger partial charge in [-0.15, -0.1) is 0 Å². The number of phosphoric ester groups is 1. The first kappa shape index (κ1) is 36.5. The number of hydrogen-bond donors (Lipinski definition) is 4. The molecule has 0 aliphatic rings. The maximum atomic E-state index is 12.4. The van der Waals surface area contributed by atoms with Gasteiger partial charge in [-0.25, -0.2) is 4.57 Å². The zero-order valence-corrected chi connectivity index (χ0v) is 25.0. The number of rotatable bonds is 28. The summed E-state index contributed by atoms with van der Waals surface area (Å²) in [4.78, 5) is 30.5. The lowest BCUT2D eigenvalue weighted by molar-refractivity contribution is -0.123. The van der Waals surface area contributed by atoms with E-state index in [0.29, 0.717) is 12.8 Å². The average Bonchev–Trinajstić information content (AvgIpc) is 2.85. The number of carbonyl (C=O) groups excluding carboxylic acids is 1. The molecule has 0 aromatic rings. The van der Waals surface area contributed by atoms with Crippen molar-refractivity contribution in [3.05, 3.63) is 0 Å². The van der Waals surface area contributed by atoms with Crippen LogP contribution in [0.5, 0.6) is 0 Å². The van der Waals surface area contributed by atoms with Crippen molar-refractivity contribution in [3.8, 4) is 0 Å². The lowest BCUT2D eigenvalue weighted by atomic mass is 10.0. The molecule has 0 saturated carbocycles. The molecule has 37 heavy (non-hydrogen) atoms. The van der Waals surface area contributed by atoms with Gasteiger partial charge in [0.2, 0.25) is 5.91 Å². The van der Waals surface area contributed by atoms with Crippen molar-refractivity contribution in [2.75, 3.05) is 6.61 Å². The van der Waals surface area contributed by atoms with Crippen LogP contribution in [0.4, 0.5) is 0 Å². The van der Waals surface area contributed by atoms with E-state index in [2.05, 4.69) is 23.7 Å². The molecule has 7 nitrogen and oxygen atoms in total. The Balaban J connectivity index is 4.07. The van der Waals surface area contributed by atoms with Crippen molar-refractivity contribution in [1.82, 2.24) is 5.32 Å². The Morgan fingerprint density at radius 1 is 0.676 bits per heavy atom. The van der Waals surface area contributed by atoms with Crippen LogP contribution in [0.2, 0.25) is 0 Å². The second-order valence-electron chi connectivity index (χ2n) is 10.8. The Kier molecular flexibility index (Phi) is 25.5. The van der Waals surface area contributed by atoms with Gasteiger partial charge in [0.05, 0.1) is 18.8 Å². The summed E-state index contributed by atoms with van der Waals surface area (Å²) in [7, 11) is -4.67. The summed E-state index contributed by atoms with van der Waals surface area (Å²) in [5.41, 5.74) is 0. The number of aliphatic hydroxyl groups is 1. The fourth-order valence-corrected chi connectivity index (χ4v) is 5.05. The number of nitrogens with one attached hydrogen (secondary N) is 1. The number of unbranched alkanes of at least 4 members (excludes halogenated alkanes) is 19. The van der Waals surface area contributed by atoms with Crippen molar-refractivity contribution < 1.29 is 28.8 Å². The number of amides is 1. The fraction of sp³-hybridized carbons (Fsp3) is 0.966. The van der Waals surface area contributed by atoms with Gasteiger partial charge in [-0.1, -0.05) is 142 Å². The minimum absolute atomic E-state index is 0.197. The first-order chi connectivity index (χ1) is 17.8. The van der Waals surface area contributed by atoms with Crippen LogP contribution in [0.3, 0.4) is 0 Å². The predicted octanol–water partition coefficient (Wildman–Crippen LogP) is 7.95. The summed E-state index contributed by atoms with van der Waals surface area (Å²) in [5.74, 6) is -0.197. The quantitative estimate of drug-likeness (QED) is 0.0581. The summed E-state index contributed by atoms with van der Waals surface area (Å²) < 4.78 is 15.8. The normalized spacial score (nSPS) is 13.5. The maximum Gasteiger partial charge on any atom is 0.469 e. The van der Waals surface area contributed by atoms with Gasteiger partial charge >= 0.3 is 7.82 Å². The lowest BCUT2D eigenvalue weighted by Gasteiger charge is -2.24. The van der Waals surface area contributed by atoms with E-state index in [0.717, 1.165) is 38.5 Å². The van der Waals surface area contributed by atoms with Gasteiger partial charge in [-0.3, -0.25) is 9.32 Å². The Bertz CT molecular complexity index is 557. The summed E-state index contributed by atoms with van der Waals surface area (Å²) in [5, 5.41) is 13.3. The van der Waals surface area contributed by atoms with E-state index < -0.39 is 26.6 Å². The van der Waals surface area contributed by atoms with E-state index in [9.17, 15) is 14.5 Å². The molecule has 0 radical (unpaired) electrons. The van der Waals surface area contributed by atoms with Gasteiger partial charge < -0.3 is 20.2 Å². The Morgan fingerprint density at radius 2 is 1.05 bits per heavy atom. The molecule has 0 bridgehead atoms. The van der Waals surface area contributed by atoms with Crippen LogP contribution in [0.15, 0.2) is 0 Å². The Labute approximate surface area is 228 Å². The minimum Gasteiger partial charge on any atom is -0.391 e. The van der Waals surface area contributed by atoms with Gasteiger partial charge in [0.1, 0.15) is 0 Å².